The van der Waals surface area contributed by atoms with E-state index in [4.69, 9.17) is 0 Å². The van der Waals surface area contributed by atoms with E-state index < -0.39 is 0 Å². The molecule has 0 heterocycles. The van der Waals surface area contributed by atoms with E-state index in [1.54, 1.807) is 0 Å². The lowest BCUT2D eigenvalue weighted by molar-refractivity contribution is 0.663. The predicted octanol–water partition coefficient (Wildman–Crippen LogP) is 4.02. The van der Waals surface area contributed by atoms with Crippen LogP contribution in [0.5, 0.6) is 0 Å². The molecule has 0 amide bonds. The molecule has 1 heteroatoms. The third kappa shape index (κ3) is 3.22. The molecular formula is C11H20S. The van der Waals surface area contributed by atoms with E-state index in [9.17, 15) is 0 Å². The van der Waals surface area contributed by atoms with Gasteiger partial charge in [-0.1, -0.05) is 32.9 Å². The molecule has 0 N–H and O–H groups in total. The fraction of sp³-hybridized carbons (Fsp3) is 0.818. The monoisotopic (exact) mass is 184 g/mol. The first-order valence-corrected chi connectivity index (χ1v) is 5.85. The molecule has 1 atom stereocenters. The summed E-state index contributed by atoms with van der Waals surface area (Å²) in [5, 5.41) is 0.880. The van der Waals surface area contributed by atoms with Crippen molar-refractivity contribution in [1.82, 2.24) is 0 Å². The van der Waals surface area contributed by atoms with Crippen LogP contribution in [0.2, 0.25) is 0 Å². The maximum atomic E-state index is 2.36. The van der Waals surface area contributed by atoms with Crippen molar-refractivity contribution in [1.29, 1.82) is 0 Å². The van der Waals surface area contributed by atoms with E-state index in [0.717, 1.165) is 5.25 Å². The van der Waals surface area contributed by atoms with Gasteiger partial charge in [-0.15, -0.1) is 0 Å². The fourth-order valence-corrected chi connectivity index (χ4v) is 2.94. The summed E-state index contributed by atoms with van der Waals surface area (Å²) in [5.41, 5.74) is 0. The van der Waals surface area contributed by atoms with Gasteiger partial charge in [-0.25, -0.2) is 0 Å². The molecule has 0 saturated carbocycles. The normalized spacial score (nSPS) is 24.4. The molecule has 0 fully saturated rings. The summed E-state index contributed by atoms with van der Waals surface area (Å²) in [6.07, 6.45) is 9.89. The molecule has 0 nitrogen and oxygen atoms in total. The van der Waals surface area contributed by atoms with Gasteiger partial charge in [-0.3, -0.25) is 0 Å². The maximum absolute atomic E-state index is 2.36. The largest absolute Gasteiger partial charge is 0.152 e. The summed E-state index contributed by atoms with van der Waals surface area (Å²) in [7, 11) is 0. The van der Waals surface area contributed by atoms with Crippen molar-refractivity contribution >= 4 is 11.8 Å². The van der Waals surface area contributed by atoms with Crippen LogP contribution in [0, 0.1) is 0 Å². The molecule has 0 saturated heterocycles. The van der Waals surface area contributed by atoms with Gasteiger partial charge >= 0.3 is 0 Å². The lowest BCUT2D eigenvalue weighted by Gasteiger charge is -2.28. The average molecular weight is 184 g/mol. The Balaban J connectivity index is 2.35. The zero-order valence-electron chi connectivity index (χ0n) is 8.47. The topological polar surface area (TPSA) is 0 Å². The summed E-state index contributed by atoms with van der Waals surface area (Å²) in [6.45, 7) is 7.00. The first kappa shape index (κ1) is 10.2. The smallest absolute Gasteiger partial charge is 0.0104 e. The number of hydrogen-bond donors (Lipinski definition) is 0. The Labute approximate surface area is 80.8 Å². The van der Waals surface area contributed by atoms with Crippen molar-refractivity contribution in [2.75, 3.05) is 0 Å². The van der Waals surface area contributed by atoms with Crippen LogP contribution in [0.3, 0.4) is 0 Å². The van der Waals surface area contributed by atoms with Crippen molar-refractivity contribution in [2.24, 2.45) is 0 Å². The van der Waals surface area contributed by atoms with Crippen LogP contribution in [0.1, 0.15) is 46.5 Å². The van der Waals surface area contributed by atoms with Crippen LogP contribution in [0.4, 0.5) is 0 Å². The molecule has 70 valence electrons. The van der Waals surface area contributed by atoms with Crippen LogP contribution < -0.4 is 0 Å². The Bertz CT molecular complexity index is 158. The highest BCUT2D eigenvalue weighted by atomic mass is 32.2. The molecule has 0 bridgehead atoms. The molecule has 12 heavy (non-hydrogen) atoms. The van der Waals surface area contributed by atoms with Gasteiger partial charge < -0.3 is 0 Å². The molecule has 0 aliphatic heterocycles. The van der Waals surface area contributed by atoms with Gasteiger partial charge in [0.1, 0.15) is 0 Å². The highest BCUT2D eigenvalue weighted by Crippen LogP contribution is 2.36. The molecule has 0 spiro atoms. The van der Waals surface area contributed by atoms with Crippen molar-refractivity contribution in [2.45, 2.75) is 56.5 Å². The summed E-state index contributed by atoms with van der Waals surface area (Å²) >= 11 is 2.17. The number of allylic oxidation sites excluding steroid dienone is 2. The minimum absolute atomic E-state index is 0.482. The number of hydrogen-bond acceptors (Lipinski definition) is 1. The van der Waals surface area contributed by atoms with E-state index in [0.29, 0.717) is 4.75 Å². The quantitative estimate of drug-likeness (QED) is 0.597. The lowest BCUT2D eigenvalue weighted by atomic mass is 10.1. The minimum atomic E-state index is 0.482. The minimum Gasteiger partial charge on any atom is -0.152 e. The van der Waals surface area contributed by atoms with Crippen molar-refractivity contribution in [3.8, 4) is 0 Å². The molecule has 1 aliphatic carbocycles. The van der Waals surface area contributed by atoms with Crippen LogP contribution in [-0.4, -0.2) is 10.00 Å². The summed E-state index contributed by atoms with van der Waals surface area (Å²) in [6, 6.07) is 0. The number of rotatable bonds is 3. The summed E-state index contributed by atoms with van der Waals surface area (Å²) in [5.74, 6) is 0. The standard InChI is InChI=1S/C11H20S/c1-4-11(2,3)12-10-8-6-5-7-9-10/h5-6,10H,4,7-9H2,1-3H3. The Kier molecular flexibility index (Phi) is 3.70. The first-order chi connectivity index (χ1) is 5.64. The Morgan fingerprint density at radius 3 is 2.67 bits per heavy atom. The zero-order valence-corrected chi connectivity index (χ0v) is 9.29. The molecule has 1 aliphatic rings. The van der Waals surface area contributed by atoms with Crippen LogP contribution in [0.15, 0.2) is 12.2 Å². The van der Waals surface area contributed by atoms with Gasteiger partial charge in [0.25, 0.3) is 0 Å². The SMILES string of the molecule is CCC(C)(C)SC1CC=CCC1. The van der Waals surface area contributed by atoms with Crippen molar-refractivity contribution in [3.63, 3.8) is 0 Å². The molecule has 0 radical (unpaired) electrons. The van der Waals surface area contributed by atoms with Gasteiger partial charge in [0.2, 0.25) is 0 Å². The lowest BCUT2D eigenvalue weighted by Crippen LogP contribution is -2.19. The molecule has 0 aromatic rings. The maximum Gasteiger partial charge on any atom is 0.0104 e. The summed E-state index contributed by atoms with van der Waals surface area (Å²) < 4.78 is 0.482. The molecule has 1 rings (SSSR count). The zero-order chi connectivity index (χ0) is 9.03. The Hall–Kier alpha value is 0.0900. The third-order valence-corrected chi connectivity index (χ3v) is 4.25. The third-order valence-electron chi connectivity index (χ3n) is 2.56. The van der Waals surface area contributed by atoms with Gasteiger partial charge in [0.15, 0.2) is 0 Å². The van der Waals surface area contributed by atoms with Crippen molar-refractivity contribution in [3.05, 3.63) is 12.2 Å². The van der Waals surface area contributed by atoms with Gasteiger partial charge in [0, 0.05) is 10.00 Å². The summed E-state index contributed by atoms with van der Waals surface area (Å²) in [4.78, 5) is 0. The molecule has 0 aromatic carbocycles. The highest BCUT2D eigenvalue weighted by Gasteiger charge is 2.21. The molecule has 1 unspecified atom stereocenters. The second-order valence-electron chi connectivity index (χ2n) is 4.14. The molecular weight excluding hydrogens is 164 g/mol. The second-order valence-corrected chi connectivity index (χ2v) is 6.15. The second kappa shape index (κ2) is 4.36. The van der Waals surface area contributed by atoms with Gasteiger partial charge in [-0.2, -0.15) is 11.8 Å². The first-order valence-electron chi connectivity index (χ1n) is 4.97. The van der Waals surface area contributed by atoms with E-state index in [-0.39, 0.29) is 0 Å². The van der Waals surface area contributed by atoms with E-state index in [2.05, 4.69) is 44.7 Å². The molecule has 0 aromatic heterocycles. The van der Waals surface area contributed by atoms with Gasteiger partial charge in [0.05, 0.1) is 0 Å². The van der Waals surface area contributed by atoms with Gasteiger partial charge in [-0.05, 0) is 25.7 Å². The van der Waals surface area contributed by atoms with Crippen LogP contribution in [0.25, 0.3) is 0 Å². The fourth-order valence-electron chi connectivity index (χ4n) is 1.41. The number of thioether (sulfide) groups is 1. The van der Waals surface area contributed by atoms with Crippen LogP contribution in [-0.2, 0) is 0 Å². The van der Waals surface area contributed by atoms with E-state index in [1.807, 2.05) is 0 Å². The Morgan fingerprint density at radius 2 is 2.17 bits per heavy atom. The van der Waals surface area contributed by atoms with Crippen LogP contribution >= 0.6 is 11.8 Å². The average Bonchev–Trinajstić information content (AvgIpc) is 2.06. The Morgan fingerprint density at radius 1 is 1.42 bits per heavy atom. The highest BCUT2D eigenvalue weighted by molar-refractivity contribution is 8.01. The van der Waals surface area contributed by atoms with Crippen molar-refractivity contribution < 1.29 is 0 Å². The van der Waals surface area contributed by atoms with E-state index in [1.165, 1.54) is 25.7 Å². The predicted molar refractivity (Wildman–Crippen MR) is 58.7 cm³/mol. The van der Waals surface area contributed by atoms with E-state index >= 15 is 0 Å².